The summed E-state index contributed by atoms with van der Waals surface area (Å²) in [5.74, 6) is 1.65. The zero-order chi connectivity index (χ0) is 12.1. The number of ether oxygens (including phenoxy) is 1. The number of anilines is 1. The Bertz CT molecular complexity index is 355. The highest BCUT2D eigenvalue weighted by Gasteiger charge is 2.12. The topological polar surface area (TPSA) is 61.0 Å². The minimum atomic E-state index is 0.334. The van der Waals surface area contributed by atoms with Gasteiger partial charge in [0, 0.05) is 20.1 Å². The van der Waals surface area contributed by atoms with E-state index < -0.39 is 0 Å². The van der Waals surface area contributed by atoms with Crippen molar-refractivity contribution in [1.29, 1.82) is 0 Å². The van der Waals surface area contributed by atoms with E-state index in [9.17, 15) is 0 Å². The van der Waals surface area contributed by atoms with Crippen molar-refractivity contribution in [3.8, 4) is 0 Å². The molecule has 16 heavy (non-hydrogen) atoms. The first kappa shape index (κ1) is 13.4. The summed E-state index contributed by atoms with van der Waals surface area (Å²) >= 11 is 3.42. The molecule has 1 rings (SSSR count). The third kappa shape index (κ3) is 3.42. The highest BCUT2D eigenvalue weighted by molar-refractivity contribution is 9.10. The van der Waals surface area contributed by atoms with Crippen LogP contribution in [0, 0.1) is 0 Å². The molecule has 0 radical (unpaired) electrons. The maximum absolute atomic E-state index is 5.83. The summed E-state index contributed by atoms with van der Waals surface area (Å²) in [6, 6.07) is 0. The number of aromatic nitrogens is 2. The van der Waals surface area contributed by atoms with Crippen molar-refractivity contribution in [2.45, 2.75) is 32.6 Å². The van der Waals surface area contributed by atoms with Crippen molar-refractivity contribution in [1.82, 2.24) is 9.97 Å². The van der Waals surface area contributed by atoms with Crippen LogP contribution in [0.25, 0.3) is 0 Å². The van der Waals surface area contributed by atoms with Crippen LogP contribution in [0.15, 0.2) is 4.47 Å². The van der Waals surface area contributed by atoms with Crippen molar-refractivity contribution in [3.05, 3.63) is 16.0 Å². The van der Waals surface area contributed by atoms with Gasteiger partial charge in [-0.05, 0) is 28.3 Å². The summed E-state index contributed by atoms with van der Waals surface area (Å²) in [5.41, 5.74) is 6.81. The molecule has 2 N–H and O–H groups in total. The van der Waals surface area contributed by atoms with E-state index in [1.807, 2.05) is 0 Å². The average Bonchev–Trinajstić information content (AvgIpc) is 2.23. The van der Waals surface area contributed by atoms with Crippen molar-refractivity contribution < 1.29 is 4.74 Å². The average molecular weight is 288 g/mol. The van der Waals surface area contributed by atoms with Gasteiger partial charge in [-0.2, -0.15) is 0 Å². The molecule has 0 amide bonds. The smallest absolute Gasteiger partial charge is 0.141 e. The van der Waals surface area contributed by atoms with Crippen LogP contribution in [-0.2, 0) is 11.2 Å². The standard InChI is InChI=1S/C11H18BrN3O/c1-7(2)10-9(12)11(13)15-8(14-10)5-4-6-16-3/h7H,4-6H2,1-3H3,(H2,13,14,15). The number of nitrogen functional groups attached to an aromatic ring is 1. The Morgan fingerprint density at radius 1 is 1.38 bits per heavy atom. The van der Waals surface area contributed by atoms with Crippen LogP contribution in [-0.4, -0.2) is 23.7 Å². The molecule has 0 aromatic carbocycles. The molecule has 0 aliphatic carbocycles. The second kappa shape index (κ2) is 6.15. The summed E-state index contributed by atoms with van der Waals surface area (Å²) in [7, 11) is 1.69. The Balaban J connectivity index is 2.86. The molecular weight excluding hydrogens is 270 g/mol. The lowest BCUT2D eigenvalue weighted by Crippen LogP contribution is -2.07. The molecule has 4 nitrogen and oxygen atoms in total. The molecule has 0 bridgehead atoms. The van der Waals surface area contributed by atoms with Gasteiger partial charge in [0.15, 0.2) is 0 Å². The summed E-state index contributed by atoms with van der Waals surface area (Å²) in [4.78, 5) is 8.76. The third-order valence-corrected chi connectivity index (χ3v) is 3.06. The molecule has 5 heteroatoms. The second-order valence-electron chi connectivity index (χ2n) is 3.98. The number of rotatable bonds is 5. The maximum atomic E-state index is 5.83. The van der Waals surface area contributed by atoms with Gasteiger partial charge in [-0.15, -0.1) is 0 Å². The van der Waals surface area contributed by atoms with Gasteiger partial charge in [0.1, 0.15) is 11.6 Å². The Morgan fingerprint density at radius 3 is 2.62 bits per heavy atom. The number of nitrogens with two attached hydrogens (primary N) is 1. The van der Waals surface area contributed by atoms with E-state index in [1.54, 1.807) is 7.11 Å². The number of nitrogens with zero attached hydrogens (tertiary/aromatic N) is 2. The highest BCUT2D eigenvalue weighted by atomic mass is 79.9. The van der Waals surface area contributed by atoms with Crippen molar-refractivity contribution >= 4 is 21.7 Å². The fourth-order valence-electron chi connectivity index (χ4n) is 1.40. The Labute approximate surface area is 105 Å². The van der Waals surface area contributed by atoms with Crippen LogP contribution in [0.5, 0.6) is 0 Å². The first-order valence-corrected chi connectivity index (χ1v) is 6.16. The fraction of sp³-hybridized carbons (Fsp3) is 0.636. The molecule has 0 atom stereocenters. The van der Waals surface area contributed by atoms with Crippen LogP contribution in [0.3, 0.4) is 0 Å². The van der Waals surface area contributed by atoms with Gasteiger partial charge in [-0.1, -0.05) is 13.8 Å². The van der Waals surface area contributed by atoms with Gasteiger partial charge >= 0.3 is 0 Å². The van der Waals surface area contributed by atoms with E-state index in [4.69, 9.17) is 10.5 Å². The summed E-state index contributed by atoms with van der Waals surface area (Å²) in [6.07, 6.45) is 1.71. The monoisotopic (exact) mass is 287 g/mol. The number of halogens is 1. The minimum absolute atomic E-state index is 0.334. The van der Waals surface area contributed by atoms with Gasteiger partial charge in [-0.3, -0.25) is 0 Å². The Morgan fingerprint density at radius 2 is 2.06 bits per heavy atom. The van der Waals surface area contributed by atoms with Crippen LogP contribution in [0.1, 0.15) is 37.7 Å². The number of hydrogen-bond donors (Lipinski definition) is 1. The second-order valence-corrected chi connectivity index (χ2v) is 4.77. The lowest BCUT2D eigenvalue weighted by molar-refractivity contribution is 0.194. The predicted octanol–water partition coefficient (Wildman–Crippen LogP) is 2.52. The number of aryl methyl sites for hydroxylation is 1. The highest BCUT2D eigenvalue weighted by Crippen LogP contribution is 2.26. The van der Waals surface area contributed by atoms with Gasteiger partial charge < -0.3 is 10.5 Å². The maximum Gasteiger partial charge on any atom is 0.141 e. The molecule has 0 aliphatic rings. The first-order valence-electron chi connectivity index (χ1n) is 5.37. The summed E-state index contributed by atoms with van der Waals surface area (Å²) in [5, 5.41) is 0. The van der Waals surface area contributed by atoms with E-state index in [1.165, 1.54) is 0 Å². The molecule has 1 aromatic heterocycles. The van der Waals surface area contributed by atoms with E-state index >= 15 is 0 Å². The quantitative estimate of drug-likeness (QED) is 0.846. The minimum Gasteiger partial charge on any atom is -0.385 e. The largest absolute Gasteiger partial charge is 0.385 e. The summed E-state index contributed by atoms with van der Waals surface area (Å²) in [6.45, 7) is 4.90. The molecular formula is C11H18BrN3O. The number of methoxy groups -OCH3 is 1. The Kier molecular flexibility index (Phi) is 5.15. The van der Waals surface area contributed by atoms with Crippen LogP contribution in [0.2, 0.25) is 0 Å². The van der Waals surface area contributed by atoms with Crippen LogP contribution < -0.4 is 5.73 Å². The van der Waals surface area contributed by atoms with Gasteiger partial charge in [0.05, 0.1) is 10.2 Å². The molecule has 1 aromatic rings. The van der Waals surface area contributed by atoms with Crippen molar-refractivity contribution in [2.75, 3.05) is 19.5 Å². The van der Waals surface area contributed by atoms with E-state index in [2.05, 4.69) is 39.7 Å². The first-order chi connectivity index (χ1) is 7.56. The predicted molar refractivity (Wildman–Crippen MR) is 68.4 cm³/mol. The van der Waals surface area contributed by atoms with Crippen molar-refractivity contribution in [3.63, 3.8) is 0 Å². The van der Waals surface area contributed by atoms with Gasteiger partial charge in [-0.25, -0.2) is 9.97 Å². The zero-order valence-corrected chi connectivity index (χ0v) is 11.5. The molecule has 1 heterocycles. The molecule has 0 saturated heterocycles. The van der Waals surface area contributed by atoms with Gasteiger partial charge in [0.25, 0.3) is 0 Å². The molecule has 0 spiro atoms. The molecule has 0 unspecified atom stereocenters. The molecule has 0 saturated carbocycles. The van der Waals surface area contributed by atoms with E-state index in [-0.39, 0.29) is 0 Å². The molecule has 90 valence electrons. The number of hydrogen-bond acceptors (Lipinski definition) is 4. The van der Waals surface area contributed by atoms with Gasteiger partial charge in [0.2, 0.25) is 0 Å². The Hall–Kier alpha value is -0.680. The lowest BCUT2D eigenvalue weighted by Gasteiger charge is -2.11. The third-order valence-electron chi connectivity index (χ3n) is 2.24. The van der Waals surface area contributed by atoms with Crippen LogP contribution in [0.4, 0.5) is 5.82 Å². The fourth-order valence-corrected chi connectivity index (χ4v) is 2.04. The van der Waals surface area contributed by atoms with Crippen LogP contribution >= 0.6 is 15.9 Å². The molecule has 0 fully saturated rings. The SMILES string of the molecule is COCCCc1nc(N)c(Br)c(C(C)C)n1. The lowest BCUT2D eigenvalue weighted by atomic mass is 10.1. The summed E-state index contributed by atoms with van der Waals surface area (Å²) < 4.78 is 5.82. The van der Waals surface area contributed by atoms with Crippen molar-refractivity contribution in [2.24, 2.45) is 0 Å². The van der Waals surface area contributed by atoms with E-state index in [0.29, 0.717) is 11.7 Å². The van der Waals surface area contributed by atoms with E-state index in [0.717, 1.165) is 35.4 Å². The zero-order valence-electron chi connectivity index (χ0n) is 9.96. The normalized spacial score (nSPS) is 11.1. The molecule has 0 aliphatic heterocycles.